The molecule has 0 fully saturated rings. The Morgan fingerprint density at radius 3 is 2.22 bits per heavy atom. The normalized spacial score (nSPS) is 10.7. The maximum absolute atomic E-state index is 11.7. The SMILES string of the molecule is O=C(/C=C/c1ccccc1)SCc1ccccc1. The van der Waals surface area contributed by atoms with E-state index in [-0.39, 0.29) is 5.12 Å². The van der Waals surface area contributed by atoms with E-state index in [1.807, 2.05) is 66.7 Å². The van der Waals surface area contributed by atoms with Crippen molar-refractivity contribution in [1.82, 2.24) is 0 Å². The molecule has 0 spiro atoms. The van der Waals surface area contributed by atoms with Gasteiger partial charge in [0, 0.05) is 5.75 Å². The van der Waals surface area contributed by atoms with Crippen LogP contribution in [0.4, 0.5) is 0 Å². The predicted molar refractivity (Wildman–Crippen MR) is 78.2 cm³/mol. The van der Waals surface area contributed by atoms with Gasteiger partial charge in [0.15, 0.2) is 0 Å². The van der Waals surface area contributed by atoms with Crippen LogP contribution in [0.2, 0.25) is 0 Å². The Morgan fingerprint density at radius 2 is 1.56 bits per heavy atom. The fraction of sp³-hybridized carbons (Fsp3) is 0.0625. The van der Waals surface area contributed by atoms with Gasteiger partial charge in [-0.05, 0) is 17.2 Å². The second-order valence-corrected chi connectivity index (χ2v) is 4.82. The molecule has 2 aromatic rings. The summed E-state index contributed by atoms with van der Waals surface area (Å²) in [5.74, 6) is 0.721. The molecule has 2 aromatic carbocycles. The molecule has 0 atom stereocenters. The van der Waals surface area contributed by atoms with Crippen LogP contribution in [0, 0.1) is 0 Å². The van der Waals surface area contributed by atoms with Crippen LogP contribution < -0.4 is 0 Å². The Bertz CT molecular complexity index is 517. The van der Waals surface area contributed by atoms with Crippen molar-refractivity contribution >= 4 is 23.0 Å². The first-order chi connectivity index (χ1) is 8.84. The monoisotopic (exact) mass is 254 g/mol. The minimum absolute atomic E-state index is 0.0858. The number of hydrogen-bond acceptors (Lipinski definition) is 2. The Hall–Kier alpha value is -1.80. The van der Waals surface area contributed by atoms with Crippen LogP contribution in [0.5, 0.6) is 0 Å². The molecule has 0 radical (unpaired) electrons. The van der Waals surface area contributed by atoms with Gasteiger partial charge in [-0.2, -0.15) is 0 Å². The van der Waals surface area contributed by atoms with Crippen molar-refractivity contribution in [2.45, 2.75) is 5.75 Å². The average Bonchev–Trinajstić information content (AvgIpc) is 2.45. The van der Waals surface area contributed by atoms with Crippen LogP contribution in [0.3, 0.4) is 0 Å². The molecule has 0 N–H and O–H groups in total. The highest BCUT2D eigenvalue weighted by Crippen LogP contribution is 2.14. The van der Waals surface area contributed by atoms with Gasteiger partial charge >= 0.3 is 0 Å². The van der Waals surface area contributed by atoms with Gasteiger partial charge in [0.05, 0.1) is 0 Å². The van der Waals surface area contributed by atoms with Crippen molar-refractivity contribution in [2.24, 2.45) is 0 Å². The molecule has 0 aliphatic carbocycles. The summed E-state index contributed by atoms with van der Waals surface area (Å²) in [6.07, 6.45) is 3.48. The molecule has 0 bridgehead atoms. The highest BCUT2D eigenvalue weighted by atomic mass is 32.2. The van der Waals surface area contributed by atoms with Crippen LogP contribution in [0.25, 0.3) is 6.08 Å². The summed E-state index contributed by atoms with van der Waals surface area (Å²) in [6, 6.07) is 19.8. The molecule has 90 valence electrons. The van der Waals surface area contributed by atoms with E-state index in [0.717, 1.165) is 11.3 Å². The van der Waals surface area contributed by atoms with E-state index in [2.05, 4.69) is 0 Å². The van der Waals surface area contributed by atoms with E-state index >= 15 is 0 Å². The van der Waals surface area contributed by atoms with E-state index < -0.39 is 0 Å². The number of carbonyl (C=O) groups excluding carboxylic acids is 1. The molecular weight excluding hydrogens is 240 g/mol. The molecule has 18 heavy (non-hydrogen) atoms. The number of hydrogen-bond donors (Lipinski definition) is 0. The number of thioether (sulfide) groups is 1. The topological polar surface area (TPSA) is 17.1 Å². The molecule has 2 rings (SSSR count). The zero-order valence-electron chi connectivity index (χ0n) is 9.95. The van der Waals surface area contributed by atoms with E-state index in [9.17, 15) is 4.79 Å². The predicted octanol–water partition coefficient (Wildman–Crippen LogP) is 4.16. The summed E-state index contributed by atoms with van der Waals surface area (Å²) in [5, 5.41) is 0.0858. The van der Waals surface area contributed by atoms with Gasteiger partial charge in [-0.3, -0.25) is 4.79 Å². The summed E-state index contributed by atoms with van der Waals surface area (Å²) in [4.78, 5) is 11.7. The van der Waals surface area contributed by atoms with Crippen molar-refractivity contribution in [3.8, 4) is 0 Å². The van der Waals surface area contributed by atoms with Crippen LogP contribution >= 0.6 is 11.8 Å². The highest BCUT2D eigenvalue weighted by Gasteiger charge is 1.98. The van der Waals surface area contributed by atoms with Gasteiger partial charge in [-0.25, -0.2) is 0 Å². The van der Waals surface area contributed by atoms with Crippen molar-refractivity contribution in [3.63, 3.8) is 0 Å². The number of carbonyl (C=O) groups is 1. The molecule has 0 aliphatic rings. The Morgan fingerprint density at radius 1 is 0.944 bits per heavy atom. The zero-order valence-corrected chi connectivity index (χ0v) is 10.8. The highest BCUT2D eigenvalue weighted by molar-refractivity contribution is 8.13. The van der Waals surface area contributed by atoms with Gasteiger partial charge in [-0.1, -0.05) is 78.5 Å². The second-order valence-electron chi connectivity index (χ2n) is 3.84. The lowest BCUT2D eigenvalue weighted by Gasteiger charge is -1.97. The Kier molecular flexibility index (Phi) is 4.79. The smallest absolute Gasteiger partial charge is 0.212 e. The lowest BCUT2D eigenvalue weighted by Crippen LogP contribution is -1.87. The van der Waals surface area contributed by atoms with Crippen LogP contribution in [0.1, 0.15) is 11.1 Å². The third-order valence-electron chi connectivity index (χ3n) is 2.44. The Labute approximate surface area is 112 Å². The molecule has 0 aliphatic heterocycles. The van der Waals surface area contributed by atoms with Crippen LogP contribution in [-0.2, 0) is 10.5 Å². The van der Waals surface area contributed by atoms with E-state index in [4.69, 9.17) is 0 Å². The molecule has 0 heterocycles. The number of benzene rings is 2. The minimum Gasteiger partial charge on any atom is -0.282 e. The third-order valence-corrected chi connectivity index (χ3v) is 3.33. The summed E-state index contributed by atoms with van der Waals surface area (Å²) >= 11 is 1.32. The first-order valence-corrected chi connectivity index (χ1v) is 6.77. The minimum atomic E-state index is 0.0858. The van der Waals surface area contributed by atoms with Crippen molar-refractivity contribution in [1.29, 1.82) is 0 Å². The van der Waals surface area contributed by atoms with Crippen molar-refractivity contribution in [2.75, 3.05) is 0 Å². The fourth-order valence-corrected chi connectivity index (χ4v) is 2.17. The molecule has 0 aromatic heterocycles. The number of rotatable bonds is 4. The van der Waals surface area contributed by atoms with Gasteiger partial charge < -0.3 is 0 Å². The molecule has 2 heteroatoms. The van der Waals surface area contributed by atoms with Gasteiger partial charge in [0.1, 0.15) is 0 Å². The standard InChI is InChI=1S/C16H14OS/c17-16(12-11-14-7-3-1-4-8-14)18-13-15-9-5-2-6-10-15/h1-12H,13H2/b12-11+. The molecule has 1 nitrogen and oxygen atoms in total. The second kappa shape index (κ2) is 6.82. The van der Waals surface area contributed by atoms with Gasteiger partial charge in [0.2, 0.25) is 5.12 Å². The van der Waals surface area contributed by atoms with E-state index in [1.165, 1.54) is 17.3 Å². The van der Waals surface area contributed by atoms with E-state index in [0.29, 0.717) is 0 Å². The van der Waals surface area contributed by atoms with Crippen LogP contribution in [-0.4, -0.2) is 5.12 Å². The molecular formula is C16H14OS. The first-order valence-electron chi connectivity index (χ1n) is 5.78. The molecule has 0 saturated heterocycles. The van der Waals surface area contributed by atoms with Crippen molar-refractivity contribution < 1.29 is 4.79 Å². The maximum Gasteiger partial charge on any atom is 0.212 e. The lowest BCUT2D eigenvalue weighted by molar-refractivity contribution is -0.107. The summed E-state index contributed by atoms with van der Waals surface area (Å²) < 4.78 is 0. The maximum atomic E-state index is 11.7. The molecule has 0 saturated carbocycles. The first kappa shape index (κ1) is 12.7. The molecule has 0 amide bonds. The summed E-state index contributed by atoms with van der Waals surface area (Å²) in [6.45, 7) is 0. The largest absolute Gasteiger partial charge is 0.282 e. The Balaban J connectivity index is 1.84. The zero-order chi connectivity index (χ0) is 12.6. The fourth-order valence-electron chi connectivity index (χ4n) is 1.51. The van der Waals surface area contributed by atoms with Gasteiger partial charge in [0.25, 0.3) is 0 Å². The molecule has 0 unspecified atom stereocenters. The quantitative estimate of drug-likeness (QED) is 0.762. The van der Waals surface area contributed by atoms with Crippen molar-refractivity contribution in [3.05, 3.63) is 77.9 Å². The third kappa shape index (κ3) is 4.22. The lowest BCUT2D eigenvalue weighted by atomic mass is 10.2. The summed E-state index contributed by atoms with van der Waals surface area (Å²) in [5.41, 5.74) is 2.22. The van der Waals surface area contributed by atoms with Gasteiger partial charge in [-0.15, -0.1) is 0 Å². The summed E-state index contributed by atoms with van der Waals surface area (Å²) in [7, 11) is 0. The van der Waals surface area contributed by atoms with Crippen LogP contribution in [0.15, 0.2) is 66.7 Å². The van der Waals surface area contributed by atoms with E-state index in [1.54, 1.807) is 6.08 Å². The average molecular weight is 254 g/mol.